The fourth-order valence-electron chi connectivity index (χ4n) is 4.07. The molecule has 0 spiro atoms. The quantitative estimate of drug-likeness (QED) is 0.231. The van der Waals surface area contributed by atoms with Crippen LogP contribution < -0.4 is 21.7 Å². The number of rotatable bonds is 8. The molecule has 2 aromatic carbocycles. The molecular formula is C24H27Cl2N5O4. The van der Waals surface area contributed by atoms with E-state index in [0.29, 0.717) is 24.1 Å². The fraction of sp³-hybridized carbons (Fsp3) is 0.333. The van der Waals surface area contributed by atoms with Crippen LogP contribution in [0.2, 0.25) is 10.0 Å². The second-order valence-electron chi connectivity index (χ2n) is 8.46. The van der Waals surface area contributed by atoms with Gasteiger partial charge in [0.15, 0.2) is 5.96 Å². The van der Waals surface area contributed by atoms with Gasteiger partial charge >= 0.3 is 5.97 Å². The van der Waals surface area contributed by atoms with Gasteiger partial charge in [0, 0.05) is 24.1 Å². The molecule has 3 rings (SSSR count). The molecule has 2 aromatic rings. The van der Waals surface area contributed by atoms with E-state index in [2.05, 4.69) is 16.0 Å². The molecule has 0 bridgehead atoms. The lowest BCUT2D eigenvalue weighted by Crippen LogP contribution is -2.42. The molecule has 0 saturated heterocycles. The van der Waals surface area contributed by atoms with E-state index >= 15 is 0 Å². The van der Waals surface area contributed by atoms with Crippen LogP contribution in [0.25, 0.3) is 0 Å². The van der Waals surface area contributed by atoms with E-state index in [9.17, 15) is 19.5 Å². The maximum atomic E-state index is 12.6. The molecule has 0 aliphatic heterocycles. The molecule has 1 aliphatic rings. The summed E-state index contributed by atoms with van der Waals surface area (Å²) in [6.07, 6.45) is 2.95. The predicted molar refractivity (Wildman–Crippen MR) is 135 cm³/mol. The molecular weight excluding hydrogens is 493 g/mol. The Kier molecular flexibility index (Phi) is 8.95. The third kappa shape index (κ3) is 7.34. The van der Waals surface area contributed by atoms with Crippen LogP contribution in [0.15, 0.2) is 42.5 Å². The second-order valence-corrected chi connectivity index (χ2v) is 9.27. The Morgan fingerprint density at radius 1 is 1.03 bits per heavy atom. The highest BCUT2D eigenvalue weighted by molar-refractivity contribution is 6.39. The Morgan fingerprint density at radius 2 is 1.63 bits per heavy atom. The number of guanidine groups is 1. The van der Waals surface area contributed by atoms with Gasteiger partial charge in [-0.15, -0.1) is 0 Å². The lowest BCUT2D eigenvalue weighted by molar-refractivity contribution is -0.139. The van der Waals surface area contributed by atoms with Crippen molar-refractivity contribution in [3.05, 3.63) is 63.6 Å². The van der Waals surface area contributed by atoms with Crippen molar-refractivity contribution in [2.24, 2.45) is 11.7 Å². The van der Waals surface area contributed by atoms with Crippen molar-refractivity contribution in [2.75, 3.05) is 5.32 Å². The number of hydrogen-bond acceptors (Lipinski definition) is 4. The number of carbonyl (C=O) groups is 3. The van der Waals surface area contributed by atoms with Gasteiger partial charge in [0.05, 0.1) is 15.6 Å². The molecule has 0 heterocycles. The van der Waals surface area contributed by atoms with Crippen molar-refractivity contribution >= 4 is 52.6 Å². The number of nitrogens with two attached hydrogens (primary N) is 1. The van der Waals surface area contributed by atoms with Crippen LogP contribution in [0, 0.1) is 11.3 Å². The minimum Gasteiger partial charge on any atom is -0.480 e. The minimum absolute atomic E-state index is 0.0197. The van der Waals surface area contributed by atoms with Crippen molar-refractivity contribution in [2.45, 2.75) is 44.2 Å². The molecule has 35 heavy (non-hydrogen) atoms. The summed E-state index contributed by atoms with van der Waals surface area (Å²) < 4.78 is 0. The lowest BCUT2D eigenvalue weighted by Gasteiger charge is -2.28. The van der Waals surface area contributed by atoms with Gasteiger partial charge in [-0.25, -0.2) is 4.79 Å². The average Bonchev–Trinajstić information content (AvgIpc) is 2.79. The van der Waals surface area contributed by atoms with Crippen LogP contribution in [-0.2, 0) is 16.0 Å². The topological polar surface area (TPSA) is 157 Å². The number of nitrogens with one attached hydrogen (secondary N) is 4. The molecule has 9 nitrogen and oxygen atoms in total. The van der Waals surface area contributed by atoms with Crippen LogP contribution in [0.1, 0.15) is 41.6 Å². The molecule has 1 saturated carbocycles. The second kappa shape index (κ2) is 11.9. The lowest BCUT2D eigenvalue weighted by atomic mass is 9.85. The highest BCUT2D eigenvalue weighted by Gasteiger charge is 2.27. The van der Waals surface area contributed by atoms with E-state index in [4.69, 9.17) is 34.3 Å². The van der Waals surface area contributed by atoms with Gasteiger partial charge in [-0.3, -0.25) is 15.0 Å². The number of aliphatic carboxylic acids is 1. The zero-order valence-electron chi connectivity index (χ0n) is 18.8. The van der Waals surface area contributed by atoms with Gasteiger partial charge in [0.25, 0.3) is 5.91 Å². The number of benzene rings is 2. The maximum Gasteiger partial charge on any atom is 0.326 e. The number of anilines is 1. The monoisotopic (exact) mass is 519 g/mol. The van der Waals surface area contributed by atoms with Crippen LogP contribution >= 0.6 is 23.2 Å². The number of carboxylic acids is 1. The summed E-state index contributed by atoms with van der Waals surface area (Å²) in [5, 5.41) is 25.4. The van der Waals surface area contributed by atoms with Crippen molar-refractivity contribution in [3.63, 3.8) is 0 Å². The zero-order valence-corrected chi connectivity index (χ0v) is 20.3. The highest BCUT2D eigenvalue weighted by atomic mass is 35.5. The van der Waals surface area contributed by atoms with Gasteiger partial charge < -0.3 is 26.8 Å². The van der Waals surface area contributed by atoms with Crippen LogP contribution in [0.5, 0.6) is 0 Å². The molecule has 7 N–H and O–H groups in total. The molecule has 186 valence electrons. The smallest absolute Gasteiger partial charge is 0.326 e. The Balaban J connectivity index is 1.56. The van der Waals surface area contributed by atoms with Gasteiger partial charge in [-0.2, -0.15) is 0 Å². The summed E-state index contributed by atoms with van der Waals surface area (Å²) in [5.74, 6) is -2.14. The Hall–Kier alpha value is -3.30. The number of carboxylic acid groups (broad SMARTS) is 1. The van der Waals surface area contributed by atoms with Gasteiger partial charge in [-0.05, 0) is 55.5 Å². The van der Waals surface area contributed by atoms with E-state index in [0.717, 1.165) is 12.8 Å². The predicted octanol–water partition coefficient (Wildman–Crippen LogP) is 3.40. The van der Waals surface area contributed by atoms with Crippen molar-refractivity contribution < 1.29 is 19.5 Å². The third-order valence-electron chi connectivity index (χ3n) is 5.91. The van der Waals surface area contributed by atoms with E-state index in [-0.39, 0.29) is 45.9 Å². The van der Waals surface area contributed by atoms with Gasteiger partial charge in [0.1, 0.15) is 6.04 Å². The zero-order chi connectivity index (χ0) is 25.5. The summed E-state index contributed by atoms with van der Waals surface area (Å²) in [7, 11) is 0. The van der Waals surface area contributed by atoms with Gasteiger partial charge in [-0.1, -0.05) is 41.4 Å². The first-order valence-electron chi connectivity index (χ1n) is 11.1. The average molecular weight is 520 g/mol. The first kappa shape index (κ1) is 26.3. The van der Waals surface area contributed by atoms with Crippen LogP contribution in [0.4, 0.5) is 5.69 Å². The summed E-state index contributed by atoms with van der Waals surface area (Å²) in [6, 6.07) is 10.3. The molecule has 2 amide bonds. The van der Waals surface area contributed by atoms with E-state index in [1.165, 1.54) is 12.1 Å². The Bertz CT molecular complexity index is 1080. The third-order valence-corrected chi connectivity index (χ3v) is 6.54. The van der Waals surface area contributed by atoms with E-state index in [1.807, 2.05) is 0 Å². The summed E-state index contributed by atoms with van der Waals surface area (Å²) in [5.41, 5.74) is 6.65. The first-order valence-corrected chi connectivity index (χ1v) is 11.9. The highest BCUT2D eigenvalue weighted by Crippen LogP contribution is 2.26. The molecule has 0 aromatic heterocycles. The number of halogens is 2. The SMILES string of the molecule is N=C(N)N[C@H]1CC[C@H](C(=O)Nc2ccc(C[C@H](NC(=O)c3c(Cl)cccc3Cl)C(=O)O)cc2)CC1. The normalized spacial score (nSPS) is 18.2. The number of hydrogen-bond donors (Lipinski definition) is 6. The molecule has 0 unspecified atom stereocenters. The van der Waals surface area contributed by atoms with Gasteiger partial charge in [0.2, 0.25) is 5.91 Å². The molecule has 11 heteroatoms. The molecule has 1 aliphatic carbocycles. The summed E-state index contributed by atoms with van der Waals surface area (Å²) in [6.45, 7) is 0. The molecule has 1 atom stereocenters. The van der Waals surface area contributed by atoms with Crippen molar-refractivity contribution in [1.82, 2.24) is 10.6 Å². The summed E-state index contributed by atoms with van der Waals surface area (Å²) >= 11 is 12.1. The Labute approximate surface area is 212 Å². The van der Waals surface area contributed by atoms with Crippen molar-refractivity contribution in [1.29, 1.82) is 5.41 Å². The standard InChI is InChI=1S/C24H27Cl2N5O4/c25-17-2-1-3-18(26)20(17)22(33)31-19(23(34)35)12-13-4-8-15(9-5-13)29-21(32)14-6-10-16(11-7-14)30-24(27)28/h1-5,8-9,14,16,19H,6-7,10-12H2,(H,29,32)(H,31,33)(H,34,35)(H4,27,28,30)/t14-,16-,19-/m0/s1. The van der Waals surface area contributed by atoms with E-state index < -0.39 is 17.9 Å². The minimum atomic E-state index is -1.20. The number of amides is 2. The molecule has 0 radical (unpaired) electrons. The van der Waals surface area contributed by atoms with Crippen LogP contribution in [-0.4, -0.2) is 40.9 Å². The first-order chi connectivity index (χ1) is 16.6. The summed E-state index contributed by atoms with van der Waals surface area (Å²) in [4.78, 5) is 36.9. The number of carbonyl (C=O) groups excluding carboxylic acids is 2. The molecule has 1 fully saturated rings. The fourth-order valence-corrected chi connectivity index (χ4v) is 4.64. The van der Waals surface area contributed by atoms with E-state index in [1.54, 1.807) is 30.3 Å². The Morgan fingerprint density at radius 3 is 2.17 bits per heavy atom. The van der Waals surface area contributed by atoms with Crippen LogP contribution in [0.3, 0.4) is 0 Å². The maximum absolute atomic E-state index is 12.6. The van der Waals surface area contributed by atoms with Crippen molar-refractivity contribution in [3.8, 4) is 0 Å². The largest absolute Gasteiger partial charge is 0.480 e.